The molecule has 2 aromatic rings. The molecule has 2 aromatic carbocycles. The van der Waals surface area contributed by atoms with E-state index in [1.54, 1.807) is 24.3 Å². The van der Waals surface area contributed by atoms with E-state index in [1.165, 1.54) is 6.07 Å². The Bertz CT molecular complexity index is 1110. The molecule has 3 rings (SSSR count). The van der Waals surface area contributed by atoms with Gasteiger partial charge in [-0.25, -0.2) is 0 Å². The number of amidine groups is 1. The van der Waals surface area contributed by atoms with Gasteiger partial charge in [0.25, 0.3) is 15.9 Å². The molecule has 158 valence electrons. The van der Waals surface area contributed by atoms with E-state index in [4.69, 9.17) is 4.74 Å². The van der Waals surface area contributed by atoms with Crippen LogP contribution in [-0.4, -0.2) is 32.7 Å². The normalized spacial score (nSPS) is 14.1. The maximum Gasteiger partial charge on any atom is 0.306 e. The molecular formula is C21H23N3O5S. The van der Waals surface area contributed by atoms with Crippen molar-refractivity contribution in [2.75, 3.05) is 17.2 Å². The molecule has 0 saturated heterocycles. The van der Waals surface area contributed by atoms with Crippen LogP contribution in [0.4, 0.5) is 11.4 Å². The summed E-state index contributed by atoms with van der Waals surface area (Å²) in [5.74, 6) is -0.684. The molecule has 30 heavy (non-hydrogen) atoms. The highest BCUT2D eigenvalue weighted by molar-refractivity contribution is 7.90. The van der Waals surface area contributed by atoms with E-state index in [1.807, 2.05) is 26.0 Å². The van der Waals surface area contributed by atoms with E-state index in [-0.39, 0.29) is 30.2 Å². The van der Waals surface area contributed by atoms with Crippen LogP contribution in [0.2, 0.25) is 0 Å². The summed E-state index contributed by atoms with van der Waals surface area (Å²) < 4.78 is 33.1. The van der Waals surface area contributed by atoms with Gasteiger partial charge in [0, 0.05) is 18.5 Å². The van der Waals surface area contributed by atoms with Crippen LogP contribution in [0.5, 0.6) is 0 Å². The fraction of sp³-hybridized carbons (Fsp3) is 0.286. The smallest absolute Gasteiger partial charge is 0.306 e. The highest BCUT2D eigenvalue weighted by Crippen LogP contribution is 2.27. The van der Waals surface area contributed by atoms with Gasteiger partial charge in [-0.1, -0.05) is 29.8 Å². The van der Waals surface area contributed by atoms with Crippen molar-refractivity contribution in [2.24, 2.45) is 4.40 Å². The van der Waals surface area contributed by atoms with Crippen molar-refractivity contribution >= 4 is 39.1 Å². The first kappa shape index (κ1) is 21.5. The lowest BCUT2D eigenvalue weighted by Crippen LogP contribution is -2.22. The minimum absolute atomic E-state index is 0.0409. The van der Waals surface area contributed by atoms with Crippen LogP contribution in [0, 0.1) is 13.8 Å². The van der Waals surface area contributed by atoms with E-state index < -0.39 is 21.9 Å². The fourth-order valence-corrected chi connectivity index (χ4v) is 4.21. The number of nitrogens with one attached hydrogen (secondary N) is 2. The number of para-hydroxylation sites is 1. The van der Waals surface area contributed by atoms with Gasteiger partial charge < -0.3 is 15.4 Å². The number of esters is 1. The molecule has 0 aliphatic carbocycles. The maximum absolute atomic E-state index is 12.2. The topological polar surface area (TPSA) is 114 Å². The fourth-order valence-electron chi connectivity index (χ4n) is 3.03. The predicted octanol–water partition coefficient (Wildman–Crippen LogP) is 3.17. The second-order valence-corrected chi connectivity index (χ2v) is 8.59. The molecule has 8 nitrogen and oxygen atoms in total. The van der Waals surface area contributed by atoms with Crippen molar-refractivity contribution in [1.82, 2.24) is 0 Å². The van der Waals surface area contributed by atoms with Crippen LogP contribution in [0.1, 0.15) is 30.4 Å². The number of anilines is 2. The van der Waals surface area contributed by atoms with Crippen molar-refractivity contribution in [3.05, 3.63) is 53.6 Å². The van der Waals surface area contributed by atoms with E-state index >= 15 is 0 Å². The summed E-state index contributed by atoms with van der Waals surface area (Å²) in [5, 5.41) is 5.67. The molecule has 0 unspecified atom stereocenters. The number of benzene rings is 2. The summed E-state index contributed by atoms with van der Waals surface area (Å²) in [6, 6.07) is 12.1. The number of nitrogens with zero attached hydrogens (tertiary/aromatic N) is 1. The number of carbonyl (C=O) groups is 2. The summed E-state index contributed by atoms with van der Waals surface area (Å²) in [4.78, 5) is 24.0. The minimum Gasteiger partial charge on any atom is -0.456 e. The lowest BCUT2D eigenvalue weighted by atomic mass is 10.1. The van der Waals surface area contributed by atoms with Gasteiger partial charge in [-0.2, -0.15) is 8.42 Å². The second kappa shape index (κ2) is 9.08. The van der Waals surface area contributed by atoms with Crippen molar-refractivity contribution in [3.63, 3.8) is 0 Å². The molecule has 0 fully saturated rings. The van der Waals surface area contributed by atoms with E-state index in [0.717, 1.165) is 11.1 Å². The zero-order chi connectivity index (χ0) is 21.7. The van der Waals surface area contributed by atoms with Gasteiger partial charge in [0.05, 0.1) is 5.69 Å². The standard InChI is InChI=1S/C21H23N3O5S/c1-14-10-11-16(15(2)12-14)23-20(25)13-29-21(26)9-5-8-19-22-17-6-3-4-7-18(17)30(27,28)24-19/h3-4,6-7,10-12H,5,8-9,13H2,1-2H3,(H,22,24)(H,23,25). The Morgan fingerprint density at radius 3 is 2.67 bits per heavy atom. The summed E-state index contributed by atoms with van der Waals surface area (Å²) in [7, 11) is -3.74. The Hall–Kier alpha value is -3.20. The third kappa shape index (κ3) is 5.44. The average Bonchev–Trinajstić information content (AvgIpc) is 2.68. The molecule has 1 heterocycles. The number of sulfonamides is 1. The summed E-state index contributed by atoms with van der Waals surface area (Å²) in [5.41, 5.74) is 3.15. The van der Waals surface area contributed by atoms with Crippen molar-refractivity contribution in [3.8, 4) is 0 Å². The molecule has 0 spiro atoms. The van der Waals surface area contributed by atoms with Crippen molar-refractivity contribution < 1.29 is 22.7 Å². The maximum atomic E-state index is 12.2. The molecule has 0 aromatic heterocycles. The second-order valence-electron chi connectivity index (χ2n) is 7.01. The largest absolute Gasteiger partial charge is 0.456 e. The molecule has 0 atom stereocenters. The zero-order valence-electron chi connectivity index (χ0n) is 16.8. The first-order valence-electron chi connectivity index (χ1n) is 9.47. The van der Waals surface area contributed by atoms with Crippen LogP contribution < -0.4 is 10.6 Å². The number of carbonyl (C=O) groups excluding carboxylic acids is 2. The van der Waals surface area contributed by atoms with Crippen LogP contribution >= 0.6 is 0 Å². The van der Waals surface area contributed by atoms with Crippen LogP contribution in [0.3, 0.4) is 0 Å². The first-order chi connectivity index (χ1) is 14.2. The molecular weight excluding hydrogens is 406 g/mol. The number of rotatable bonds is 7. The van der Waals surface area contributed by atoms with Gasteiger partial charge >= 0.3 is 5.97 Å². The molecule has 2 N–H and O–H groups in total. The predicted molar refractivity (Wildman–Crippen MR) is 114 cm³/mol. The number of amides is 1. The SMILES string of the molecule is Cc1ccc(NC(=O)COC(=O)CCCC2=NS(=O)(=O)c3ccccc3N2)c(C)c1. The average molecular weight is 429 g/mol. The Morgan fingerprint density at radius 2 is 1.90 bits per heavy atom. The highest BCUT2D eigenvalue weighted by Gasteiger charge is 2.24. The number of hydrogen-bond donors (Lipinski definition) is 2. The Labute approximate surface area is 175 Å². The third-order valence-electron chi connectivity index (χ3n) is 4.49. The van der Waals surface area contributed by atoms with Gasteiger partial charge in [-0.15, -0.1) is 4.40 Å². The molecule has 0 radical (unpaired) electrons. The highest BCUT2D eigenvalue weighted by atomic mass is 32.2. The lowest BCUT2D eigenvalue weighted by molar-refractivity contribution is -0.147. The van der Waals surface area contributed by atoms with Gasteiger partial charge in [-0.3, -0.25) is 9.59 Å². The molecule has 1 amide bonds. The number of fused-ring (bicyclic) bond motifs is 1. The quantitative estimate of drug-likeness (QED) is 0.654. The lowest BCUT2D eigenvalue weighted by Gasteiger charge is -2.17. The molecule has 0 bridgehead atoms. The molecule has 9 heteroatoms. The number of hydrogen-bond acceptors (Lipinski definition) is 6. The summed E-state index contributed by atoms with van der Waals surface area (Å²) in [6.45, 7) is 3.46. The Balaban J connectivity index is 1.43. The zero-order valence-corrected chi connectivity index (χ0v) is 17.6. The van der Waals surface area contributed by atoms with Gasteiger partial charge in [0.1, 0.15) is 10.7 Å². The van der Waals surface area contributed by atoms with E-state index in [9.17, 15) is 18.0 Å². The number of ether oxygens (including phenoxy) is 1. The van der Waals surface area contributed by atoms with Gasteiger partial charge in [0.15, 0.2) is 6.61 Å². The monoisotopic (exact) mass is 429 g/mol. The molecule has 1 aliphatic heterocycles. The Morgan fingerprint density at radius 1 is 1.13 bits per heavy atom. The van der Waals surface area contributed by atoms with Gasteiger partial charge in [0.2, 0.25) is 0 Å². The van der Waals surface area contributed by atoms with Crippen molar-refractivity contribution in [1.29, 1.82) is 0 Å². The minimum atomic E-state index is -3.74. The summed E-state index contributed by atoms with van der Waals surface area (Å²) in [6.07, 6.45) is 0.637. The van der Waals surface area contributed by atoms with Crippen LogP contribution in [0.15, 0.2) is 51.8 Å². The molecule has 0 saturated carbocycles. The third-order valence-corrected chi connectivity index (χ3v) is 5.86. The van der Waals surface area contributed by atoms with Crippen LogP contribution in [-0.2, 0) is 24.3 Å². The van der Waals surface area contributed by atoms with E-state index in [0.29, 0.717) is 17.8 Å². The summed E-state index contributed by atoms with van der Waals surface area (Å²) >= 11 is 0. The number of aryl methyl sites for hydroxylation is 2. The Kier molecular flexibility index (Phi) is 6.51. The molecule has 1 aliphatic rings. The first-order valence-corrected chi connectivity index (χ1v) is 10.9. The van der Waals surface area contributed by atoms with Crippen molar-refractivity contribution in [2.45, 2.75) is 38.0 Å². The van der Waals surface area contributed by atoms with Crippen LogP contribution in [0.25, 0.3) is 0 Å². The van der Waals surface area contributed by atoms with E-state index in [2.05, 4.69) is 15.0 Å². The van der Waals surface area contributed by atoms with Gasteiger partial charge in [-0.05, 0) is 44.0 Å².